The van der Waals surface area contributed by atoms with Crippen LogP contribution in [-0.4, -0.2) is 23.2 Å². The normalized spacial score (nSPS) is 14.5. The summed E-state index contributed by atoms with van der Waals surface area (Å²) in [5.41, 5.74) is 3.53. The molecule has 11 heteroatoms. The van der Waals surface area contributed by atoms with E-state index in [9.17, 15) is 9.59 Å². The van der Waals surface area contributed by atoms with Crippen molar-refractivity contribution >= 4 is 61.9 Å². The van der Waals surface area contributed by atoms with Crippen LogP contribution in [0.3, 0.4) is 0 Å². The third-order valence-corrected chi connectivity index (χ3v) is 9.25. The van der Waals surface area contributed by atoms with Crippen LogP contribution in [0.15, 0.2) is 86.2 Å². The SMILES string of the molecule is CCOC(=O)C1=C(C)N=c2s/c(=C\c3cc(Br)c(OCc4ccc(C#N)cc4)c(I)c3)c(=O)n2[C@H]1c1ccccc1OC(C)C. The van der Waals surface area contributed by atoms with Crippen LogP contribution < -0.4 is 24.4 Å². The molecule has 1 atom stereocenters. The molecule has 5 rings (SSSR count). The van der Waals surface area contributed by atoms with Crippen molar-refractivity contribution in [1.82, 2.24) is 4.57 Å². The van der Waals surface area contributed by atoms with Gasteiger partial charge in [-0.3, -0.25) is 9.36 Å². The van der Waals surface area contributed by atoms with Gasteiger partial charge >= 0.3 is 5.97 Å². The first-order chi connectivity index (χ1) is 21.6. The van der Waals surface area contributed by atoms with Gasteiger partial charge < -0.3 is 14.2 Å². The number of benzene rings is 3. The molecule has 0 radical (unpaired) electrons. The Balaban J connectivity index is 1.56. The lowest BCUT2D eigenvalue weighted by atomic mass is 9.95. The zero-order valence-electron chi connectivity index (χ0n) is 25.0. The van der Waals surface area contributed by atoms with E-state index in [0.29, 0.717) is 49.8 Å². The average molecular weight is 798 g/mol. The molecule has 8 nitrogen and oxygen atoms in total. The van der Waals surface area contributed by atoms with Crippen molar-refractivity contribution in [1.29, 1.82) is 5.26 Å². The van der Waals surface area contributed by atoms with Gasteiger partial charge in [-0.15, -0.1) is 0 Å². The first-order valence-corrected chi connectivity index (χ1v) is 16.9. The molecule has 1 aromatic heterocycles. The zero-order valence-corrected chi connectivity index (χ0v) is 29.5. The number of hydrogen-bond acceptors (Lipinski definition) is 8. The van der Waals surface area contributed by atoms with Gasteiger partial charge in [-0.05, 0) is 114 Å². The summed E-state index contributed by atoms with van der Waals surface area (Å²) in [5, 5.41) is 9.03. The van der Waals surface area contributed by atoms with Crippen molar-refractivity contribution in [2.75, 3.05) is 6.61 Å². The van der Waals surface area contributed by atoms with Crippen molar-refractivity contribution in [3.63, 3.8) is 0 Å². The minimum absolute atomic E-state index is 0.116. The predicted molar refractivity (Wildman–Crippen MR) is 185 cm³/mol. The van der Waals surface area contributed by atoms with E-state index in [4.69, 9.17) is 19.5 Å². The maximum Gasteiger partial charge on any atom is 0.338 e. The Morgan fingerprint density at radius 1 is 1.20 bits per heavy atom. The number of halogens is 2. The van der Waals surface area contributed by atoms with E-state index in [1.807, 2.05) is 68.5 Å². The van der Waals surface area contributed by atoms with Crippen LogP contribution in [0.5, 0.6) is 11.5 Å². The minimum atomic E-state index is -0.776. The quantitative estimate of drug-likeness (QED) is 0.144. The van der Waals surface area contributed by atoms with Crippen molar-refractivity contribution in [3.05, 3.63) is 122 Å². The highest BCUT2D eigenvalue weighted by molar-refractivity contribution is 14.1. The van der Waals surface area contributed by atoms with Gasteiger partial charge in [0.05, 0.1) is 48.2 Å². The van der Waals surface area contributed by atoms with E-state index >= 15 is 0 Å². The fourth-order valence-electron chi connectivity index (χ4n) is 4.94. The lowest BCUT2D eigenvalue weighted by Crippen LogP contribution is -2.40. The van der Waals surface area contributed by atoms with E-state index < -0.39 is 12.0 Å². The second-order valence-corrected chi connectivity index (χ2v) is 13.4. The fraction of sp³-hybridized carbons (Fsp3) is 0.235. The largest absolute Gasteiger partial charge is 0.491 e. The maximum atomic E-state index is 14.1. The van der Waals surface area contributed by atoms with Crippen LogP contribution in [0.2, 0.25) is 0 Å². The monoisotopic (exact) mass is 797 g/mol. The zero-order chi connectivity index (χ0) is 32.2. The minimum Gasteiger partial charge on any atom is -0.491 e. The smallest absolute Gasteiger partial charge is 0.338 e. The summed E-state index contributed by atoms with van der Waals surface area (Å²) in [5.74, 6) is 0.737. The number of aromatic nitrogens is 1. The molecule has 0 bridgehead atoms. The van der Waals surface area contributed by atoms with Crippen LogP contribution in [0.4, 0.5) is 0 Å². The van der Waals surface area contributed by atoms with Crippen LogP contribution >= 0.6 is 49.9 Å². The van der Waals surface area contributed by atoms with Crippen molar-refractivity contribution in [2.24, 2.45) is 4.99 Å². The van der Waals surface area contributed by atoms with Crippen molar-refractivity contribution in [3.8, 4) is 17.6 Å². The van der Waals surface area contributed by atoms with Crippen molar-refractivity contribution < 1.29 is 19.0 Å². The van der Waals surface area contributed by atoms with Gasteiger partial charge in [-0.2, -0.15) is 5.26 Å². The molecule has 1 aliphatic heterocycles. The summed E-state index contributed by atoms with van der Waals surface area (Å²) in [6.07, 6.45) is 1.70. The second-order valence-electron chi connectivity index (χ2n) is 10.4. The molecule has 0 amide bonds. The molecule has 1 aliphatic rings. The molecular weight excluding hydrogens is 769 g/mol. The molecule has 4 aromatic rings. The summed E-state index contributed by atoms with van der Waals surface area (Å²) in [6.45, 7) is 7.89. The topological polar surface area (TPSA) is 103 Å². The highest BCUT2D eigenvalue weighted by atomic mass is 127. The number of allylic oxidation sites excluding steroid dienone is 1. The third-order valence-electron chi connectivity index (χ3n) is 6.88. The number of carbonyl (C=O) groups is 1. The number of ether oxygens (including phenoxy) is 3. The van der Waals surface area contributed by atoms with Crippen LogP contribution in [0.1, 0.15) is 56.0 Å². The Bertz CT molecular complexity index is 2000. The maximum absolute atomic E-state index is 14.1. The Morgan fingerprint density at radius 3 is 2.60 bits per heavy atom. The van der Waals surface area contributed by atoms with Gasteiger partial charge in [-0.1, -0.05) is 41.7 Å². The lowest BCUT2D eigenvalue weighted by molar-refractivity contribution is -0.139. The number of esters is 1. The van der Waals surface area contributed by atoms with Crippen LogP contribution in [0, 0.1) is 14.9 Å². The first kappa shape index (κ1) is 32.7. The number of rotatable bonds is 9. The molecule has 3 aromatic carbocycles. The van der Waals surface area contributed by atoms with Gasteiger partial charge in [0.2, 0.25) is 0 Å². The molecular formula is C34H29BrIN3O5S. The van der Waals surface area contributed by atoms with E-state index in [2.05, 4.69) is 49.6 Å². The Labute approximate surface area is 286 Å². The van der Waals surface area contributed by atoms with Crippen LogP contribution in [-0.2, 0) is 16.1 Å². The Morgan fingerprint density at radius 2 is 1.93 bits per heavy atom. The molecule has 45 heavy (non-hydrogen) atoms. The molecule has 0 unspecified atom stereocenters. The Kier molecular flexibility index (Phi) is 10.3. The summed E-state index contributed by atoms with van der Waals surface area (Å²) >= 11 is 7.10. The summed E-state index contributed by atoms with van der Waals surface area (Å²) < 4.78 is 21.3. The molecule has 0 saturated heterocycles. The molecule has 0 fully saturated rings. The highest BCUT2D eigenvalue weighted by Gasteiger charge is 2.35. The number of fused-ring (bicyclic) bond motifs is 1. The van der Waals surface area contributed by atoms with E-state index in [1.165, 1.54) is 11.3 Å². The van der Waals surface area contributed by atoms with Gasteiger partial charge in [0, 0.05) is 5.56 Å². The number of para-hydroxylation sites is 1. The Hall–Kier alpha value is -3.73. The molecule has 0 N–H and O–H groups in total. The second kappa shape index (κ2) is 14.1. The molecule has 230 valence electrons. The summed E-state index contributed by atoms with van der Waals surface area (Å²) in [6, 6.07) is 19.9. The van der Waals surface area contributed by atoms with Gasteiger partial charge in [0.1, 0.15) is 24.1 Å². The fourth-order valence-corrected chi connectivity index (χ4v) is 7.75. The highest BCUT2D eigenvalue weighted by Crippen LogP contribution is 2.36. The predicted octanol–water partition coefficient (Wildman–Crippen LogP) is 6.40. The standard InChI is InChI=1S/C34H29BrIN3O5S/c1-5-42-33(41)29-20(4)38-34-39(30(29)24-8-6-7-9-27(24)44-19(2)3)32(40)28(45-34)16-23-14-25(35)31(26(36)15-23)43-18-22-12-10-21(17-37)11-13-22/h6-16,19,30H,5,18H2,1-4H3/b28-16-/t30-/m0/s1. The number of thiazole rings is 1. The van der Waals surface area contributed by atoms with Gasteiger partial charge in [0.25, 0.3) is 5.56 Å². The van der Waals surface area contributed by atoms with Crippen molar-refractivity contribution in [2.45, 2.75) is 46.4 Å². The van der Waals surface area contributed by atoms with E-state index in [0.717, 1.165) is 19.2 Å². The van der Waals surface area contributed by atoms with Gasteiger partial charge in [-0.25, -0.2) is 9.79 Å². The average Bonchev–Trinajstić information content (AvgIpc) is 3.30. The summed E-state index contributed by atoms with van der Waals surface area (Å²) in [7, 11) is 0. The first-order valence-electron chi connectivity index (χ1n) is 14.2. The van der Waals surface area contributed by atoms with E-state index in [-0.39, 0.29) is 18.3 Å². The summed E-state index contributed by atoms with van der Waals surface area (Å²) in [4.78, 5) is 32.6. The number of nitrogens with zero attached hydrogens (tertiary/aromatic N) is 3. The number of carbonyl (C=O) groups excluding carboxylic acids is 1. The van der Waals surface area contributed by atoms with Crippen LogP contribution in [0.25, 0.3) is 6.08 Å². The lowest BCUT2D eigenvalue weighted by Gasteiger charge is -2.26. The number of nitriles is 1. The van der Waals surface area contributed by atoms with Gasteiger partial charge in [0.15, 0.2) is 4.80 Å². The molecule has 0 spiro atoms. The van der Waals surface area contributed by atoms with E-state index in [1.54, 1.807) is 30.5 Å². The number of hydrogen-bond donors (Lipinski definition) is 0. The molecule has 0 aliphatic carbocycles. The molecule has 0 saturated carbocycles. The third kappa shape index (κ3) is 7.08. The molecule has 2 heterocycles.